The van der Waals surface area contributed by atoms with E-state index >= 15 is 0 Å². The zero-order valence-electron chi connectivity index (χ0n) is 13.9. The Morgan fingerprint density at radius 2 is 1.44 bits per heavy atom. The van der Waals surface area contributed by atoms with Crippen LogP contribution in [-0.2, 0) is 0 Å². The molecule has 0 heterocycles. The highest BCUT2D eigenvalue weighted by atomic mass is 16.5. The Hall–Kier alpha value is -3.04. The van der Waals surface area contributed by atoms with Crippen molar-refractivity contribution in [3.8, 4) is 11.5 Å². The highest BCUT2D eigenvalue weighted by Crippen LogP contribution is 2.28. The van der Waals surface area contributed by atoms with Gasteiger partial charge in [0.05, 0.1) is 0 Å². The summed E-state index contributed by atoms with van der Waals surface area (Å²) in [5.74, 6) is 1.06. The number of ether oxygens (including phenoxy) is 1. The molecular formula is C22H21NO2. The van der Waals surface area contributed by atoms with Crippen molar-refractivity contribution in [1.82, 2.24) is 0 Å². The normalized spacial score (nSPS) is 11.3. The van der Waals surface area contributed by atoms with Gasteiger partial charge in [-0.15, -0.1) is 0 Å². The van der Waals surface area contributed by atoms with Crippen molar-refractivity contribution in [3.63, 3.8) is 0 Å². The van der Waals surface area contributed by atoms with Gasteiger partial charge in [-0.1, -0.05) is 54.6 Å². The third-order valence-corrected chi connectivity index (χ3v) is 3.84. The van der Waals surface area contributed by atoms with Crippen molar-refractivity contribution in [3.05, 3.63) is 95.6 Å². The molecule has 0 bridgehead atoms. The van der Waals surface area contributed by atoms with Crippen LogP contribution >= 0.6 is 0 Å². The molecule has 0 saturated carbocycles. The first-order chi connectivity index (χ1) is 12.3. The molecule has 3 rings (SSSR count). The van der Waals surface area contributed by atoms with Crippen LogP contribution in [0.15, 0.2) is 78.9 Å². The standard InChI is InChI=1S/C22H21NO2/c23-14-15-25-21-12-8-19(9-13-21)22(16-17-4-2-1-3-5-17)18-6-10-20(24)11-7-18/h1-13,16,24H,14-15,23H2/b22-16+. The quantitative estimate of drug-likeness (QED) is 0.662. The number of nitrogens with two attached hydrogens (primary N) is 1. The van der Waals surface area contributed by atoms with Crippen LogP contribution < -0.4 is 10.5 Å². The Bertz CT molecular complexity index is 822. The molecule has 3 aromatic rings. The van der Waals surface area contributed by atoms with E-state index in [1.807, 2.05) is 54.6 Å². The van der Waals surface area contributed by atoms with Gasteiger partial charge in [-0.2, -0.15) is 0 Å². The summed E-state index contributed by atoms with van der Waals surface area (Å²) in [6, 6.07) is 25.4. The molecule has 0 amide bonds. The Labute approximate surface area is 148 Å². The summed E-state index contributed by atoms with van der Waals surface area (Å²) in [6.45, 7) is 0.998. The zero-order chi connectivity index (χ0) is 17.5. The molecule has 3 aromatic carbocycles. The van der Waals surface area contributed by atoms with Gasteiger partial charge in [0, 0.05) is 6.54 Å². The molecule has 25 heavy (non-hydrogen) atoms. The van der Waals surface area contributed by atoms with E-state index in [0.717, 1.165) is 28.0 Å². The van der Waals surface area contributed by atoms with Crippen LogP contribution in [0.5, 0.6) is 11.5 Å². The summed E-state index contributed by atoms with van der Waals surface area (Å²) >= 11 is 0. The number of phenolic OH excluding ortho intramolecular Hbond substituents is 1. The second-order valence-electron chi connectivity index (χ2n) is 5.68. The maximum absolute atomic E-state index is 9.57. The van der Waals surface area contributed by atoms with Crippen LogP contribution in [-0.4, -0.2) is 18.3 Å². The average Bonchev–Trinajstić information content (AvgIpc) is 2.67. The third-order valence-electron chi connectivity index (χ3n) is 3.84. The van der Waals surface area contributed by atoms with E-state index in [9.17, 15) is 5.11 Å². The molecule has 0 aromatic heterocycles. The number of hydrogen-bond acceptors (Lipinski definition) is 3. The Kier molecular flexibility index (Phi) is 5.50. The average molecular weight is 331 g/mol. The summed E-state index contributed by atoms with van der Waals surface area (Å²) < 4.78 is 5.55. The van der Waals surface area contributed by atoms with E-state index in [4.69, 9.17) is 10.5 Å². The van der Waals surface area contributed by atoms with Crippen LogP contribution in [0.2, 0.25) is 0 Å². The predicted molar refractivity (Wildman–Crippen MR) is 103 cm³/mol. The maximum atomic E-state index is 9.57. The fraction of sp³-hybridized carbons (Fsp3) is 0.0909. The molecule has 126 valence electrons. The number of phenols is 1. The van der Waals surface area contributed by atoms with Crippen LogP contribution in [0, 0.1) is 0 Å². The first kappa shape index (κ1) is 16.8. The summed E-state index contributed by atoms with van der Waals surface area (Å²) in [6.07, 6.45) is 2.14. The van der Waals surface area contributed by atoms with Crippen molar-refractivity contribution in [2.24, 2.45) is 5.73 Å². The van der Waals surface area contributed by atoms with Crippen LogP contribution in [0.3, 0.4) is 0 Å². The fourth-order valence-corrected chi connectivity index (χ4v) is 2.60. The monoisotopic (exact) mass is 331 g/mol. The first-order valence-electron chi connectivity index (χ1n) is 8.26. The van der Waals surface area contributed by atoms with Crippen molar-refractivity contribution in [2.75, 3.05) is 13.2 Å². The summed E-state index contributed by atoms with van der Waals surface area (Å²) in [7, 11) is 0. The van der Waals surface area contributed by atoms with E-state index in [0.29, 0.717) is 13.2 Å². The van der Waals surface area contributed by atoms with Gasteiger partial charge in [-0.05, 0) is 52.6 Å². The molecule has 0 saturated heterocycles. The van der Waals surface area contributed by atoms with Crippen LogP contribution in [0.25, 0.3) is 11.6 Å². The van der Waals surface area contributed by atoms with Gasteiger partial charge in [0.25, 0.3) is 0 Å². The van der Waals surface area contributed by atoms with Gasteiger partial charge < -0.3 is 15.6 Å². The molecule has 0 aliphatic carbocycles. The van der Waals surface area contributed by atoms with Crippen LogP contribution in [0.4, 0.5) is 0 Å². The van der Waals surface area contributed by atoms with Gasteiger partial charge in [0.2, 0.25) is 0 Å². The predicted octanol–water partition coefficient (Wildman–Crippen LogP) is 4.32. The first-order valence-corrected chi connectivity index (χ1v) is 8.26. The van der Waals surface area contributed by atoms with Gasteiger partial charge >= 0.3 is 0 Å². The SMILES string of the molecule is NCCOc1ccc(/C(=C/c2ccccc2)c2ccc(O)cc2)cc1. The Morgan fingerprint density at radius 1 is 0.840 bits per heavy atom. The van der Waals surface area contributed by atoms with Crippen molar-refractivity contribution in [1.29, 1.82) is 0 Å². The lowest BCUT2D eigenvalue weighted by atomic mass is 9.95. The van der Waals surface area contributed by atoms with Crippen LogP contribution in [0.1, 0.15) is 16.7 Å². The van der Waals surface area contributed by atoms with E-state index < -0.39 is 0 Å². The molecule has 3 N–H and O–H groups in total. The summed E-state index contributed by atoms with van der Waals surface area (Å²) in [5.41, 5.74) is 9.79. The number of benzene rings is 3. The molecular weight excluding hydrogens is 310 g/mol. The van der Waals surface area contributed by atoms with E-state index in [1.165, 1.54) is 0 Å². The van der Waals surface area contributed by atoms with Gasteiger partial charge in [0.15, 0.2) is 0 Å². The number of aromatic hydroxyl groups is 1. The fourth-order valence-electron chi connectivity index (χ4n) is 2.60. The molecule has 0 radical (unpaired) electrons. The molecule has 0 aliphatic heterocycles. The van der Waals surface area contributed by atoms with Gasteiger partial charge in [-0.25, -0.2) is 0 Å². The minimum absolute atomic E-state index is 0.258. The minimum atomic E-state index is 0.258. The zero-order valence-corrected chi connectivity index (χ0v) is 13.9. The smallest absolute Gasteiger partial charge is 0.119 e. The Morgan fingerprint density at radius 3 is 2.04 bits per heavy atom. The lowest BCUT2D eigenvalue weighted by molar-refractivity contribution is 0.328. The molecule has 3 nitrogen and oxygen atoms in total. The van der Waals surface area contributed by atoms with Crippen molar-refractivity contribution >= 4 is 11.6 Å². The summed E-state index contributed by atoms with van der Waals surface area (Å²) in [4.78, 5) is 0. The highest BCUT2D eigenvalue weighted by molar-refractivity contribution is 5.91. The number of rotatable bonds is 6. The van der Waals surface area contributed by atoms with Crippen molar-refractivity contribution < 1.29 is 9.84 Å². The summed E-state index contributed by atoms with van der Waals surface area (Å²) in [5, 5.41) is 9.57. The van der Waals surface area contributed by atoms with E-state index in [-0.39, 0.29) is 5.75 Å². The largest absolute Gasteiger partial charge is 0.508 e. The van der Waals surface area contributed by atoms with Crippen molar-refractivity contribution in [2.45, 2.75) is 0 Å². The molecule has 0 fully saturated rings. The number of hydrogen-bond donors (Lipinski definition) is 2. The highest BCUT2D eigenvalue weighted by Gasteiger charge is 2.06. The van der Waals surface area contributed by atoms with Gasteiger partial charge in [-0.3, -0.25) is 0 Å². The third kappa shape index (κ3) is 4.49. The minimum Gasteiger partial charge on any atom is -0.508 e. The Balaban J connectivity index is 1.99. The molecule has 0 unspecified atom stereocenters. The second-order valence-corrected chi connectivity index (χ2v) is 5.68. The second kappa shape index (κ2) is 8.18. The van der Waals surface area contributed by atoms with E-state index in [1.54, 1.807) is 12.1 Å². The molecule has 0 aliphatic rings. The molecule has 0 atom stereocenters. The lowest BCUT2D eigenvalue weighted by Crippen LogP contribution is -2.10. The lowest BCUT2D eigenvalue weighted by Gasteiger charge is -2.11. The van der Waals surface area contributed by atoms with Gasteiger partial charge in [0.1, 0.15) is 18.1 Å². The maximum Gasteiger partial charge on any atom is 0.119 e. The molecule has 3 heteroatoms. The topological polar surface area (TPSA) is 55.5 Å². The molecule has 0 spiro atoms. The van der Waals surface area contributed by atoms with E-state index in [2.05, 4.69) is 18.2 Å².